The Morgan fingerprint density at radius 2 is 2.18 bits per heavy atom. The van der Waals surface area contributed by atoms with Crippen molar-refractivity contribution in [3.05, 3.63) is 59.3 Å². The number of carbonyl (C=O) groups is 1. The molecule has 1 aliphatic heterocycles. The molecular weight excluding hydrogens is 446 g/mol. The van der Waals surface area contributed by atoms with Gasteiger partial charge in [0.05, 0.1) is 23.2 Å². The number of carbonyl (C=O) groups excluding carboxylic acids is 1. The Balaban J connectivity index is 1.46. The molecule has 6 nitrogen and oxygen atoms in total. The summed E-state index contributed by atoms with van der Waals surface area (Å²) in [4.78, 5) is 20.1. The number of β-amino-alcohol motifs (C(OH)–C–C–N with tert-alkyl or cyclic N) is 1. The Bertz CT molecular complexity index is 1290. The number of amides is 1. The minimum Gasteiger partial charge on any atom is -0.490 e. The summed E-state index contributed by atoms with van der Waals surface area (Å²) in [6.07, 6.45) is 4.29. The van der Waals surface area contributed by atoms with E-state index in [4.69, 9.17) is 4.74 Å². The molecule has 2 aromatic carbocycles. The molecule has 2 aliphatic rings. The van der Waals surface area contributed by atoms with Crippen LogP contribution in [0, 0.1) is 11.3 Å². The number of aliphatic hydroxyl groups is 1. The molecule has 5 rings (SSSR count). The molecule has 2 heterocycles. The van der Waals surface area contributed by atoms with Gasteiger partial charge in [0, 0.05) is 36.7 Å². The number of rotatable bonds is 6. The van der Waals surface area contributed by atoms with Gasteiger partial charge < -0.3 is 14.7 Å². The second-order valence-electron chi connectivity index (χ2n) is 9.35. The number of benzene rings is 2. The lowest BCUT2D eigenvalue weighted by Crippen LogP contribution is -2.32. The van der Waals surface area contributed by atoms with E-state index in [9.17, 15) is 15.2 Å². The Labute approximate surface area is 203 Å². The zero-order valence-corrected chi connectivity index (χ0v) is 20.2. The molecule has 1 unspecified atom stereocenters. The van der Waals surface area contributed by atoms with Crippen molar-refractivity contribution >= 4 is 17.2 Å². The van der Waals surface area contributed by atoms with Crippen molar-refractivity contribution in [1.29, 1.82) is 5.26 Å². The average Bonchev–Trinajstić information content (AvgIpc) is 3.52. The standard InChI is InChI=1S/C27H27N3O3S/c1-17(2)33-23-7-6-18(12-19(23)14-28)26-29-15-24(34-26)21-4-3-5-22-20(21)8-9-27(22)13-25(32)30(16-27)10-11-31/h3-7,12,15,17,31H,8-11,13,16H2,1-2H3. The van der Waals surface area contributed by atoms with E-state index in [-0.39, 0.29) is 24.0 Å². The lowest BCUT2D eigenvalue weighted by Gasteiger charge is -2.25. The van der Waals surface area contributed by atoms with E-state index >= 15 is 0 Å². The van der Waals surface area contributed by atoms with Crippen molar-refractivity contribution in [1.82, 2.24) is 9.88 Å². The molecule has 7 heteroatoms. The second kappa shape index (κ2) is 8.86. The summed E-state index contributed by atoms with van der Waals surface area (Å²) < 4.78 is 5.75. The number of ether oxygens (including phenoxy) is 1. The van der Waals surface area contributed by atoms with Gasteiger partial charge in [-0.15, -0.1) is 11.3 Å². The van der Waals surface area contributed by atoms with Crippen LogP contribution in [0.2, 0.25) is 0 Å². The van der Waals surface area contributed by atoms with Gasteiger partial charge in [-0.05, 0) is 61.6 Å². The number of aliphatic hydroxyl groups excluding tert-OH is 1. The van der Waals surface area contributed by atoms with E-state index < -0.39 is 0 Å². The van der Waals surface area contributed by atoms with Crippen LogP contribution in [-0.4, -0.2) is 46.7 Å². The molecule has 1 fully saturated rings. The van der Waals surface area contributed by atoms with Gasteiger partial charge in [0.15, 0.2) is 0 Å². The maximum absolute atomic E-state index is 12.6. The lowest BCUT2D eigenvalue weighted by atomic mass is 9.80. The molecule has 34 heavy (non-hydrogen) atoms. The second-order valence-corrected chi connectivity index (χ2v) is 10.4. The summed E-state index contributed by atoms with van der Waals surface area (Å²) in [6.45, 7) is 4.96. The van der Waals surface area contributed by atoms with E-state index in [1.54, 1.807) is 16.2 Å². The van der Waals surface area contributed by atoms with Gasteiger partial charge in [-0.25, -0.2) is 4.98 Å². The van der Waals surface area contributed by atoms with Gasteiger partial charge in [0.2, 0.25) is 5.91 Å². The highest BCUT2D eigenvalue weighted by Crippen LogP contribution is 2.49. The molecule has 1 spiro atoms. The molecule has 0 saturated carbocycles. The molecule has 3 aromatic rings. The van der Waals surface area contributed by atoms with Gasteiger partial charge in [-0.1, -0.05) is 18.2 Å². The zero-order valence-electron chi connectivity index (χ0n) is 19.4. The maximum Gasteiger partial charge on any atom is 0.223 e. The van der Waals surface area contributed by atoms with Crippen LogP contribution in [-0.2, 0) is 16.6 Å². The van der Waals surface area contributed by atoms with E-state index in [0.717, 1.165) is 28.3 Å². The van der Waals surface area contributed by atoms with E-state index in [2.05, 4.69) is 29.3 Å². The third-order valence-electron chi connectivity index (χ3n) is 6.79. The lowest BCUT2D eigenvalue weighted by molar-refractivity contribution is -0.128. The summed E-state index contributed by atoms with van der Waals surface area (Å²) >= 11 is 1.61. The Morgan fingerprint density at radius 3 is 2.94 bits per heavy atom. The fourth-order valence-corrected chi connectivity index (χ4v) is 6.27. The molecule has 1 atom stereocenters. The number of hydrogen-bond donors (Lipinski definition) is 1. The number of hydrogen-bond acceptors (Lipinski definition) is 6. The van der Waals surface area contributed by atoms with Crippen LogP contribution in [0.5, 0.6) is 5.75 Å². The quantitative estimate of drug-likeness (QED) is 0.568. The predicted molar refractivity (Wildman–Crippen MR) is 132 cm³/mol. The zero-order chi connectivity index (χ0) is 23.9. The smallest absolute Gasteiger partial charge is 0.223 e. The minimum atomic E-state index is -0.154. The van der Waals surface area contributed by atoms with Crippen molar-refractivity contribution in [2.75, 3.05) is 19.7 Å². The monoisotopic (exact) mass is 473 g/mol. The van der Waals surface area contributed by atoms with Crippen LogP contribution in [0.15, 0.2) is 42.6 Å². The van der Waals surface area contributed by atoms with Gasteiger partial charge >= 0.3 is 0 Å². The molecule has 0 radical (unpaired) electrons. The highest BCUT2D eigenvalue weighted by molar-refractivity contribution is 7.18. The van der Waals surface area contributed by atoms with Crippen LogP contribution < -0.4 is 4.74 Å². The molecule has 1 aromatic heterocycles. The minimum absolute atomic E-state index is 0.00114. The number of thiazole rings is 1. The average molecular weight is 474 g/mol. The fourth-order valence-electron chi connectivity index (χ4n) is 5.31. The molecule has 0 bridgehead atoms. The summed E-state index contributed by atoms with van der Waals surface area (Å²) in [5.41, 5.74) is 4.98. The van der Waals surface area contributed by atoms with Crippen LogP contribution in [0.25, 0.3) is 21.0 Å². The Hall–Kier alpha value is -3.21. The van der Waals surface area contributed by atoms with Crippen LogP contribution in [0.3, 0.4) is 0 Å². The van der Waals surface area contributed by atoms with Crippen LogP contribution >= 0.6 is 11.3 Å². The SMILES string of the molecule is CC(C)Oc1ccc(-c2ncc(-c3cccc4c3CCC43CC(=O)N(CCO)C3)s2)cc1C#N. The van der Waals surface area contributed by atoms with Crippen molar-refractivity contribution in [3.63, 3.8) is 0 Å². The highest BCUT2D eigenvalue weighted by atomic mass is 32.1. The molecule has 1 N–H and O–H groups in total. The Kier molecular flexibility index (Phi) is 5.88. The van der Waals surface area contributed by atoms with Crippen molar-refractivity contribution in [2.45, 2.75) is 44.6 Å². The van der Waals surface area contributed by atoms with E-state index in [1.165, 1.54) is 16.7 Å². The third-order valence-corrected chi connectivity index (χ3v) is 7.87. The number of nitriles is 1. The van der Waals surface area contributed by atoms with Crippen LogP contribution in [0.4, 0.5) is 0 Å². The van der Waals surface area contributed by atoms with Gasteiger partial charge in [0.25, 0.3) is 0 Å². The summed E-state index contributed by atoms with van der Waals surface area (Å²) in [5, 5.41) is 19.8. The molecule has 1 saturated heterocycles. The Morgan fingerprint density at radius 1 is 1.32 bits per heavy atom. The molecule has 174 valence electrons. The van der Waals surface area contributed by atoms with E-state index in [0.29, 0.717) is 30.8 Å². The van der Waals surface area contributed by atoms with E-state index in [1.807, 2.05) is 38.2 Å². The first-order chi connectivity index (χ1) is 16.4. The van der Waals surface area contributed by atoms with Crippen molar-refractivity contribution in [2.24, 2.45) is 0 Å². The maximum atomic E-state index is 12.6. The van der Waals surface area contributed by atoms with Gasteiger partial charge in [-0.2, -0.15) is 5.26 Å². The first kappa shape index (κ1) is 22.6. The topological polar surface area (TPSA) is 86.4 Å². The fraction of sp³-hybridized carbons (Fsp3) is 0.370. The normalized spacial score (nSPS) is 19.1. The third kappa shape index (κ3) is 3.87. The van der Waals surface area contributed by atoms with Crippen LogP contribution in [0.1, 0.15) is 43.4 Å². The largest absolute Gasteiger partial charge is 0.490 e. The molecular formula is C27H27N3O3S. The van der Waals surface area contributed by atoms with Gasteiger partial charge in [0.1, 0.15) is 16.8 Å². The number of fused-ring (bicyclic) bond motifs is 2. The number of nitrogens with zero attached hydrogens (tertiary/aromatic N) is 3. The first-order valence-corrected chi connectivity index (χ1v) is 12.4. The molecule has 1 amide bonds. The predicted octanol–water partition coefficient (Wildman–Crippen LogP) is 4.54. The number of aromatic nitrogens is 1. The number of likely N-dealkylation sites (tertiary alicyclic amines) is 1. The van der Waals surface area contributed by atoms with Crippen molar-refractivity contribution in [3.8, 4) is 32.8 Å². The molecule has 1 aliphatic carbocycles. The summed E-state index contributed by atoms with van der Waals surface area (Å²) in [5.74, 6) is 0.719. The first-order valence-electron chi connectivity index (χ1n) is 11.6. The summed E-state index contributed by atoms with van der Waals surface area (Å²) in [7, 11) is 0. The van der Waals surface area contributed by atoms with Crippen molar-refractivity contribution < 1.29 is 14.6 Å². The highest BCUT2D eigenvalue weighted by Gasteiger charge is 2.48. The van der Waals surface area contributed by atoms with Gasteiger partial charge in [-0.3, -0.25) is 4.79 Å². The summed E-state index contributed by atoms with van der Waals surface area (Å²) in [6, 6.07) is 14.2.